The minimum Gasteiger partial charge on any atom is -0.481 e. The summed E-state index contributed by atoms with van der Waals surface area (Å²) in [5.41, 5.74) is 5.49. The zero-order chi connectivity index (χ0) is 8.01. The van der Waals surface area contributed by atoms with Gasteiger partial charge in [0.1, 0.15) is 0 Å². The van der Waals surface area contributed by atoms with Crippen molar-refractivity contribution in [1.82, 2.24) is 0 Å². The van der Waals surface area contributed by atoms with Gasteiger partial charge in [0, 0.05) is 0 Å². The van der Waals surface area contributed by atoms with Crippen molar-refractivity contribution in [3.63, 3.8) is 0 Å². The van der Waals surface area contributed by atoms with E-state index in [0.29, 0.717) is 17.8 Å². The van der Waals surface area contributed by atoms with Gasteiger partial charge < -0.3 is 10.8 Å². The summed E-state index contributed by atoms with van der Waals surface area (Å²) in [6.07, 6.45) is 2.11. The highest BCUT2D eigenvalue weighted by Gasteiger charge is 2.59. The van der Waals surface area contributed by atoms with Gasteiger partial charge in [0.15, 0.2) is 0 Å². The van der Waals surface area contributed by atoms with Crippen LogP contribution in [0.15, 0.2) is 0 Å². The Morgan fingerprint density at radius 3 is 2.36 bits per heavy atom. The summed E-state index contributed by atoms with van der Waals surface area (Å²) in [5, 5.41) is 8.69. The zero-order valence-electron chi connectivity index (χ0n) is 6.36. The number of carbonyl (C=O) groups is 1. The molecule has 0 aliphatic heterocycles. The fourth-order valence-electron chi connectivity index (χ4n) is 2.51. The monoisotopic (exact) mass is 155 g/mol. The summed E-state index contributed by atoms with van der Waals surface area (Å²) < 4.78 is 0. The minimum atomic E-state index is -0.601. The molecule has 0 saturated heterocycles. The Bertz CT molecular complexity index is 181. The van der Waals surface area contributed by atoms with Crippen LogP contribution in [0.4, 0.5) is 0 Å². The molecule has 3 nitrogen and oxygen atoms in total. The molecule has 0 heterocycles. The van der Waals surface area contributed by atoms with E-state index in [1.807, 2.05) is 0 Å². The Morgan fingerprint density at radius 1 is 1.45 bits per heavy atom. The second-order valence-electron chi connectivity index (χ2n) is 3.76. The Morgan fingerprint density at radius 2 is 2.00 bits per heavy atom. The first kappa shape index (κ1) is 7.10. The van der Waals surface area contributed by atoms with Crippen molar-refractivity contribution in [2.45, 2.75) is 12.8 Å². The molecule has 2 unspecified atom stereocenters. The van der Waals surface area contributed by atoms with E-state index in [0.717, 1.165) is 19.4 Å². The fourth-order valence-corrected chi connectivity index (χ4v) is 2.51. The van der Waals surface area contributed by atoms with Gasteiger partial charge in [-0.05, 0) is 37.1 Å². The second kappa shape index (κ2) is 2.21. The largest absolute Gasteiger partial charge is 0.481 e. The maximum atomic E-state index is 10.5. The van der Waals surface area contributed by atoms with Gasteiger partial charge >= 0.3 is 5.97 Å². The van der Waals surface area contributed by atoms with Crippen LogP contribution < -0.4 is 5.73 Å². The highest BCUT2D eigenvalue weighted by atomic mass is 16.4. The summed E-state index contributed by atoms with van der Waals surface area (Å²) in [6.45, 7) is 0.735. The number of rotatable bonds is 2. The third-order valence-electron chi connectivity index (χ3n) is 3.16. The molecule has 3 heteroatoms. The molecule has 0 spiro atoms. The normalized spacial score (nSPS) is 47.0. The Balaban J connectivity index is 1.90. The average molecular weight is 155 g/mol. The quantitative estimate of drug-likeness (QED) is 0.603. The molecular formula is C8H13NO2. The topological polar surface area (TPSA) is 63.3 Å². The summed E-state index contributed by atoms with van der Waals surface area (Å²) in [4.78, 5) is 10.5. The predicted octanol–water partition coefficient (Wildman–Crippen LogP) is 0.302. The van der Waals surface area contributed by atoms with E-state index in [4.69, 9.17) is 10.8 Å². The number of aliphatic carboxylic acids is 1. The van der Waals surface area contributed by atoms with Gasteiger partial charge in [-0.15, -0.1) is 0 Å². The average Bonchev–Trinajstić information content (AvgIpc) is 2.48. The molecule has 2 atom stereocenters. The van der Waals surface area contributed by atoms with Gasteiger partial charge in [0.25, 0.3) is 0 Å². The molecule has 2 fully saturated rings. The van der Waals surface area contributed by atoms with E-state index in [1.165, 1.54) is 0 Å². The van der Waals surface area contributed by atoms with Gasteiger partial charge in [0.2, 0.25) is 0 Å². The van der Waals surface area contributed by atoms with Crippen LogP contribution in [0.25, 0.3) is 0 Å². The maximum absolute atomic E-state index is 10.5. The first-order valence-electron chi connectivity index (χ1n) is 4.17. The van der Waals surface area contributed by atoms with Crippen LogP contribution in [-0.2, 0) is 4.79 Å². The van der Waals surface area contributed by atoms with Crippen molar-refractivity contribution in [3.8, 4) is 0 Å². The van der Waals surface area contributed by atoms with Crippen molar-refractivity contribution in [3.05, 3.63) is 0 Å². The predicted molar refractivity (Wildman–Crippen MR) is 39.9 cm³/mol. The molecule has 2 aliphatic rings. The lowest BCUT2D eigenvalue weighted by Gasteiger charge is -2.08. The van der Waals surface area contributed by atoms with Gasteiger partial charge in [-0.1, -0.05) is 0 Å². The number of fused-ring (bicyclic) bond motifs is 1. The van der Waals surface area contributed by atoms with Gasteiger partial charge in [-0.2, -0.15) is 0 Å². The van der Waals surface area contributed by atoms with E-state index in [-0.39, 0.29) is 5.92 Å². The van der Waals surface area contributed by atoms with E-state index >= 15 is 0 Å². The Hall–Kier alpha value is -0.570. The molecule has 0 bridgehead atoms. The van der Waals surface area contributed by atoms with Gasteiger partial charge in [-0.25, -0.2) is 0 Å². The lowest BCUT2D eigenvalue weighted by Crippen LogP contribution is -2.15. The van der Waals surface area contributed by atoms with E-state index in [2.05, 4.69) is 0 Å². The van der Waals surface area contributed by atoms with Crippen LogP contribution in [0.2, 0.25) is 0 Å². The molecule has 0 radical (unpaired) electrons. The van der Waals surface area contributed by atoms with Crippen molar-refractivity contribution in [2.75, 3.05) is 6.54 Å². The number of hydrogen-bond donors (Lipinski definition) is 2. The molecule has 0 aromatic rings. The van der Waals surface area contributed by atoms with Crippen molar-refractivity contribution in [2.24, 2.45) is 29.4 Å². The van der Waals surface area contributed by atoms with Crippen LogP contribution in [0.5, 0.6) is 0 Å². The summed E-state index contributed by atoms with van der Waals surface area (Å²) >= 11 is 0. The highest BCUT2D eigenvalue weighted by molar-refractivity contribution is 5.74. The number of nitrogens with two attached hydrogens (primary N) is 1. The maximum Gasteiger partial charge on any atom is 0.307 e. The molecule has 2 aliphatic carbocycles. The number of carboxylic acid groups (broad SMARTS) is 1. The lowest BCUT2D eigenvalue weighted by molar-refractivity contribution is -0.139. The van der Waals surface area contributed by atoms with Crippen LogP contribution in [0.1, 0.15) is 12.8 Å². The van der Waals surface area contributed by atoms with Crippen LogP contribution in [0, 0.1) is 23.7 Å². The van der Waals surface area contributed by atoms with Crippen molar-refractivity contribution < 1.29 is 9.90 Å². The smallest absolute Gasteiger partial charge is 0.307 e. The van der Waals surface area contributed by atoms with Gasteiger partial charge in [0.05, 0.1) is 5.92 Å². The molecular weight excluding hydrogens is 142 g/mol. The summed E-state index contributed by atoms with van der Waals surface area (Å²) in [6, 6.07) is 0. The van der Waals surface area contributed by atoms with Crippen molar-refractivity contribution in [1.29, 1.82) is 0 Å². The van der Waals surface area contributed by atoms with E-state index < -0.39 is 5.97 Å². The molecule has 62 valence electrons. The van der Waals surface area contributed by atoms with Gasteiger partial charge in [-0.3, -0.25) is 4.79 Å². The van der Waals surface area contributed by atoms with E-state index in [1.54, 1.807) is 0 Å². The fraction of sp³-hybridized carbons (Fsp3) is 0.875. The third kappa shape index (κ3) is 0.948. The molecule has 3 N–H and O–H groups in total. The Kier molecular flexibility index (Phi) is 1.42. The van der Waals surface area contributed by atoms with Crippen LogP contribution >= 0.6 is 0 Å². The molecule has 2 rings (SSSR count). The summed E-state index contributed by atoms with van der Waals surface area (Å²) in [7, 11) is 0. The summed E-state index contributed by atoms with van der Waals surface area (Å²) in [5.74, 6) is 0.941. The third-order valence-corrected chi connectivity index (χ3v) is 3.16. The Labute approximate surface area is 65.6 Å². The van der Waals surface area contributed by atoms with Crippen LogP contribution in [-0.4, -0.2) is 17.6 Å². The second-order valence-corrected chi connectivity index (χ2v) is 3.76. The number of carboxylic acids is 1. The first-order chi connectivity index (χ1) is 5.24. The molecule has 0 aromatic heterocycles. The molecule has 2 saturated carbocycles. The SMILES string of the molecule is NCC1CC2C(C1)C2C(=O)O. The lowest BCUT2D eigenvalue weighted by atomic mass is 10.0. The van der Waals surface area contributed by atoms with E-state index in [9.17, 15) is 4.79 Å². The number of hydrogen-bond acceptors (Lipinski definition) is 2. The zero-order valence-corrected chi connectivity index (χ0v) is 6.36. The molecule has 11 heavy (non-hydrogen) atoms. The molecule has 0 amide bonds. The molecule has 0 aromatic carbocycles. The highest BCUT2D eigenvalue weighted by Crippen LogP contribution is 2.59. The first-order valence-corrected chi connectivity index (χ1v) is 4.17. The van der Waals surface area contributed by atoms with Crippen LogP contribution in [0.3, 0.4) is 0 Å². The minimum absolute atomic E-state index is 0.0159. The van der Waals surface area contributed by atoms with Crippen molar-refractivity contribution >= 4 is 5.97 Å². The standard InChI is InChI=1S/C8H13NO2/c9-3-4-1-5-6(2-4)7(5)8(10)11/h4-7H,1-3,9H2,(H,10,11).